The number of nitrogens with zero attached hydrogens (tertiary/aromatic N) is 1. The van der Waals surface area contributed by atoms with Crippen molar-refractivity contribution < 1.29 is 27.9 Å². The van der Waals surface area contributed by atoms with E-state index < -0.39 is 21.1 Å². The van der Waals surface area contributed by atoms with Gasteiger partial charge >= 0.3 is 0 Å². The van der Waals surface area contributed by atoms with Gasteiger partial charge in [-0.3, -0.25) is 15.0 Å². The van der Waals surface area contributed by atoms with Crippen LogP contribution in [0.4, 0.5) is 5.69 Å². The molecule has 38 heavy (non-hydrogen) atoms. The van der Waals surface area contributed by atoms with Crippen LogP contribution in [0.3, 0.4) is 0 Å². The van der Waals surface area contributed by atoms with Crippen molar-refractivity contribution in [3.63, 3.8) is 0 Å². The third-order valence-corrected chi connectivity index (χ3v) is 6.68. The number of ketones is 1. The first kappa shape index (κ1) is 31.1. The Balaban J connectivity index is 0.00000507. The van der Waals surface area contributed by atoms with E-state index in [1.807, 2.05) is 20.8 Å². The molecule has 0 fully saturated rings. The number of carbonyl (C=O) groups is 2. The second kappa shape index (κ2) is 11.7. The Kier molecular flexibility index (Phi) is 9.60. The highest BCUT2D eigenvalue weighted by atomic mass is 79.9. The molecule has 0 unspecified atom stereocenters. The summed E-state index contributed by atoms with van der Waals surface area (Å²) >= 11 is 0. The zero-order valence-corrected chi connectivity index (χ0v) is 24.9. The predicted molar refractivity (Wildman–Crippen MR) is 153 cm³/mol. The van der Waals surface area contributed by atoms with E-state index in [0.717, 1.165) is 11.8 Å². The number of phenolic OH excluding ortho intramolecular Hbond substituents is 1. The highest BCUT2D eigenvalue weighted by Crippen LogP contribution is 2.38. The van der Waals surface area contributed by atoms with Gasteiger partial charge in [0.15, 0.2) is 15.6 Å². The Hall–Kier alpha value is -3.12. The topological polar surface area (TPSA) is 149 Å². The molecule has 208 valence electrons. The molecular formula is C26H35BrN4O6S. The molecule has 0 aromatic heterocycles. The molecule has 2 aromatic rings. The van der Waals surface area contributed by atoms with Crippen molar-refractivity contribution >= 4 is 50.0 Å². The normalized spacial score (nSPS) is 13.0. The van der Waals surface area contributed by atoms with Gasteiger partial charge in [0.2, 0.25) is 0 Å². The van der Waals surface area contributed by atoms with Crippen molar-refractivity contribution in [2.24, 2.45) is 0 Å². The van der Waals surface area contributed by atoms with Crippen LogP contribution in [0.1, 0.15) is 65.1 Å². The predicted octanol–water partition coefficient (Wildman–Crippen LogP) is 3.46. The summed E-state index contributed by atoms with van der Waals surface area (Å²) in [5, 5.41) is 24.7. The molecule has 3 rings (SSSR count). The summed E-state index contributed by atoms with van der Waals surface area (Å²) in [6.45, 7) is 7.94. The second-order valence-electron chi connectivity index (χ2n) is 10.1. The number of amides is 1. The Morgan fingerprint density at radius 2 is 1.84 bits per heavy atom. The molecule has 0 bridgehead atoms. The van der Waals surface area contributed by atoms with Gasteiger partial charge in [-0.1, -0.05) is 20.8 Å². The summed E-state index contributed by atoms with van der Waals surface area (Å²) in [5.74, 6) is -0.614. The van der Waals surface area contributed by atoms with E-state index in [1.54, 1.807) is 30.0 Å². The standard InChI is InChI=1S/C26H34N4O6S.BrH/c1-7-36-22-11-17-16(8-18(22)25(33)28-5)12-30(24(17)27)13-21(31)15-9-19(26(2,3)4)23(32)20(10-15)29-14-37(6,34)35;/h8-11,27,29,32H,7,12-14H2,1-6H3,(H,28,33);1H. The molecule has 1 aliphatic heterocycles. The molecule has 0 aliphatic carbocycles. The van der Waals surface area contributed by atoms with E-state index in [2.05, 4.69) is 10.6 Å². The Labute approximate surface area is 234 Å². The van der Waals surface area contributed by atoms with E-state index in [1.165, 1.54) is 13.1 Å². The minimum atomic E-state index is -3.38. The zero-order chi connectivity index (χ0) is 27.7. The summed E-state index contributed by atoms with van der Waals surface area (Å²) in [4.78, 5) is 27.3. The smallest absolute Gasteiger partial charge is 0.254 e. The maximum Gasteiger partial charge on any atom is 0.254 e. The largest absolute Gasteiger partial charge is 0.505 e. The number of anilines is 1. The minimum Gasteiger partial charge on any atom is -0.505 e. The first-order valence-corrected chi connectivity index (χ1v) is 13.9. The molecule has 1 heterocycles. The van der Waals surface area contributed by atoms with Crippen LogP contribution >= 0.6 is 17.0 Å². The van der Waals surface area contributed by atoms with Crippen LogP contribution in [-0.2, 0) is 21.8 Å². The number of ether oxygens (including phenoxy) is 1. The summed E-state index contributed by atoms with van der Waals surface area (Å²) in [5.41, 5.74) is 2.08. The first-order chi connectivity index (χ1) is 17.2. The number of nitrogens with one attached hydrogen (secondary N) is 3. The van der Waals surface area contributed by atoms with Crippen LogP contribution < -0.4 is 15.4 Å². The van der Waals surface area contributed by atoms with Gasteiger partial charge < -0.3 is 25.4 Å². The van der Waals surface area contributed by atoms with Crippen LogP contribution in [-0.4, -0.2) is 68.3 Å². The summed E-state index contributed by atoms with van der Waals surface area (Å²) in [6, 6.07) is 6.38. The third-order valence-electron chi connectivity index (χ3n) is 6.01. The van der Waals surface area contributed by atoms with E-state index in [9.17, 15) is 23.1 Å². The van der Waals surface area contributed by atoms with Crippen LogP contribution in [0.15, 0.2) is 24.3 Å². The molecule has 12 heteroatoms. The molecule has 10 nitrogen and oxygen atoms in total. The number of fused-ring (bicyclic) bond motifs is 1. The summed E-state index contributed by atoms with van der Waals surface area (Å²) in [7, 11) is -1.85. The fourth-order valence-corrected chi connectivity index (χ4v) is 4.55. The zero-order valence-electron chi connectivity index (χ0n) is 22.4. The SMILES string of the molecule is Br.CCOc1cc2c(cc1C(=O)NC)CN(CC(=O)c1cc(NCS(C)(=O)=O)c(O)c(C(C)(C)C)c1)C2=N. The van der Waals surface area contributed by atoms with E-state index in [-0.39, 0.29) is 64.6 Å². The van der Waals surface area contributed by atoms with Crippen LogP contribution in [0.25, 0.3) is 0 Å². The van der Waals surface area contributed by atoms with Crippen molar-refractivity contribution in [2.45, 2.75) is 39.7 Å². The molecule has 0 radical (unpaired) electrons. The average Bonchev–Trinajstić information content (AvgIpc) is 3.10. The van der Waals surface area contributed by atoms with Gasteiger partial charge in [0.1, 0.15) is 23.2 Å². The van der Waals surface area contributed by atoms with Gasteiger partial charge in [-0.25, -0.2) is 8.42 Å². The number of Topliss-reactive ketones (excluding diaryl/α,β-unsaturated/α-hetero) is 1. The number of rotatable bonds is 9. The van der Waals surface area contributed by atoms with Crippen LogP contribution in [0.2, 0.25) is 0 Å². The maximum absolute atomic E-state index is 13.4. The van der Waals surface area contributed by atoms with Gasteiger partial charge in [-0.15, -0.1) is 17.0 Å². The molecule has 2 aromatic carbocycles. The van der Waals surface area contributed by atoms with Crippen LogP contribution in [0.5, 0.6) is 11.5 Å². The lowest BCUT2D eigenvalue weighted by molar-refractivity contribution is 0.0951. The highest BCUT2D eigenvalue weighted by Gasteiger charge is 2.30. The number of hydrogen-bond donors (Lipinski definition) is 4. The van der Waals surface area contributed by atoms with E-state index in [0.29, 0.717) is 29.0 Å². The molecule has 0 saturated carbocycles. The van der Waals surface area contributed by atoms with Crippen molar-refractivity contribution in [2.75, 3.05) is 37.6 Å². The lowest BCUT2D eigenvalue weighted by atomic mass is 9.84. The van der Waals surface area contributed by atoms with Gasteiger partial charge in [0.25, 0.3) is 5.91 Å². The molecule has 4 N–H and O–H groups in total. The number of hydrogen-bond acceptors (Lipinski definition) is 8. The molecule has 1 amide bonds. The number of carbonyl (C=O) groups excluding carboxylic acids is 2. The number of benzene rings is 2. The fourth-order valence-electron chi connectivity index (χ4n) is 4.13. The molecule has 1 aliphatic rings. The minimum absolute atomic E-state index is 0. The Morgan fingerprint density at radius 3 is 2.39 bits per heavy atom. The van der Waals surface area contributed by atoms with Gasteiger partial charge in [-0.2, -0.15) is 0 Å². The average molecular weight is 612 g/mol. The maximum atomic E-state index is 13.4. The Bertz CT molecular complexity index is 1370. The van der Waals surface area contributed by atoms with Crippen molar-refractivity contribution in [1.82, 2.24) is 10.2 Å². The van der Waals surface area contributed by atoms with Crippen LogP contribution in [0, 0.1) is 5.41 Å². The molecule has 0 atom stereocenters. The Morgan fingerprint density at radius 1 is 1.18 bits per heavy atom. The molecular weight excluding hydrogens is 576 g/mol. The lowest BCUT2D eigenvalue weighted by Crippen LogP contribution is -2.30. The molecule has 0 spiro atoms. The van der Waals surface area contributed by atoms with E-state index in [4.69, 9.17) is 10.1 Å². The lowest BCUT2D eigenvalue weighted by Gasteiger charge is -2.24. The number of amidine groups is 1. The first-order valence-electron chi connectivity index (χ1n) is 11.8. The van der Waals surface area contributed by atoms with Crippen molar-refractivity contribution in [3.05, 3.63) is 52.1 Å². The van der Waals surface area contributed by atoms with Crippen molar-refractivity contribution in [3.8, 4) is 11.5 Å². The number of sulfone groups is 1. The fraction of sp³-hybridized carbons (Fsp3) is 0.423. The highest BCUT2D eigenvalue weighted by molar-refractivity contribution is 8.93. The number of aromatic hydroxyl groups is 1. The molecule has 0 saturated heterocycles. The second-order valence-corrected chi connectivity index (χ2v) is 12.2. The summed E-state index contributed by atoms with van der Waals surface area (Å²) < 4.78 is 29.0. The third kappa shape index (κ3) is 6.84. The monoisotopic (exact) mass is 610 g/mol. The van der Waals surface area contributed by atoms with Gasteiger partial charge in [0.05, 0.1) is 24.4 Å². The van der Waals surface area contributed by atoms with E-state index >= 15 is 0 Å². The van der Waals surface area contributed by atoms with Gasteiger partial charge in [0, 0.05) is 36.5 Å². The quantitative estimate of drug-likeness (QED) is 0.249. The number of halogens is 1. The summed E-state index contributed by atoms with van der Waals surface area (Å²) in [6.07, 6.45) is 1.07. The van der Waals surface area contributed by atoms with Gasteiger partial charge in [-0.05, 0) is 42.2 Å². The van der Waals surface area contributed by atoms with Crippen molar-refractivity contribution in [1.29, 1.82) is 5.41 Å². The number of phenols is 1.